The fourth-order valence-electron chi connectivity index (χ4n) is 1.10. The lowest BCUT2D eigenvalue weighted by molar-refractivity contribution is -0.120. The van der Waals surface area contributed by atoms with Crippen LogP contribution in [-0.2, 0) is 4.79 Å². The smallest absolute Gasteiger partial charge is 0.217 e. The zero-order chi connectivity index (χ0) is 9.72. The molecule has 3 nitrogen and oxygen atoms in total. The van der Waals surface area contributed by atoms with E-state index in [1.54, 1.807) is 0 Å². The van der Waals surface area contributed by atoms with E-state index in [0.29, 0.717) is 5.92 Å². The predicted octanol–water partition coefficient (Wildman–Crippen LogP) is 0.918. The van der Waals surface area contributed by atoms with Crippen molar-refractivity contribution in [3.8, 4) is 0 Å². The van der Waals surface area contributed by atoms with Gasteiger partial charge in [0.25, 0.3) is 0 Å². The number of nitrogens with one attached hydrogen (secondary N) is 1. The van der Waals surface area contributed by atoms with Gasteiger partial charge >= 0.3 is 0 Å². The molecule has 0 aliphatic carbocycles. The first kappa shape index (κ1) is 11.4. The van der Waals surface area contributed by atoms with Crippen LogP contribution < -0.4 is 5.32 Å². The molecule has 0 aliphatic rings. The van der Waals surface area contributed by atoms with Crippen LogP contribution >= 0.6 is 0 Å². The van der Waals surface area contributed by atoms with E-state index in [0.717, 1.165) is 6.42 Å². The molecule has 0 saturated heterocycles. The van der Waals surface area contributed by atoms with Crippen LogP contribution in [0.25, 0.3) is 0 Å². The second-order valence-electron chi connectivity index (χ2n) is 3.69. The highest BCUT2D eigenvalue weighted by atomic mass is 16.3. The number of amides is 1. The fraction of sp³-hybridized carbons (Fsp3) is 0.889. The minimum atomic E-state index is -0.436. The molecule has 3 heteroatoms. The van der Waals surface area contributed by atoms with Crippen molar-refractivity contribution in [2.75, 3.05) is 0 Å². The van der Waals surface area contributed by atoms with Crippen LogP contribution in [-0.4, -0.2) is 23.2 Å². The monoisotopic (exact) mass is 173 g/mol. The van der Waals surface area contributed by atoms with Gasteiger partial charge in [0, 0.05) is 6.92 Å². The summed E-state index contributed by atoms with van der Waals surface area (Å²) in [4.78, 5) is 10.6. The first-order valence-corrected chi connectivity index (χ1v) is 4.38. The van der Waals surface area contributed by atoms with Gasteiger partial charge in [-0.3, -0.25) is 4.79 Å². The molecule has 0 heterocycles. The largest absolute Gasteiger partial charge is 0.391 e. The Bertz CT molecular complexity index is 145. The molecule has 2 N–H and O–H groups in total. The molecule has 1 amide bonds. The molecule has 1 unspecified atom stereocenters. The molecule has 0 bridgehead atoms. The van der Waals surface area contributed by atoms with E-state index >= 15 is 0 Å². The van der Waals surface area contributed by atoms with Crippen molar-refractivity contribution in [3.63, 3.8) is 0 Å². The summed E-state index contributed by atoms with van der Waals surface area (Å²) < 4.78 is 0. The second kappa shape index (κ2) is 5.14. The van der Waals surface area contributed by atoms with Crippen molar-refractivity contribution in [1.82, 2.24) is 5.32 Å². The van der Waals surface area contributed by atoms with Gasteiger partial charge in [0.05, 0.1) is 12.1 Å². The normalized spacial score (nSPS) is 15.8. The van der Waals surface area contributed by atoms with Gasteiger partial charge in [-0.05, 0) is 19.3 Å². The first-order valence-electron chi connectivity index (χ1n) is 4.38. The van der Waals surface area contributed by atoms with Crippen molar-refractivity contribution < 1.29 is 9.90 Å². The Balaban J connectivity index is 3.76. The fourth-order valence-corrected chi connectivity index (χ4v) is 1.10. The summed E-state index contributed by atoms with van der Waals surface area (Å²) in [6, 6.07) is -0.148. The van der Waals surface area contributed by atoms with Crippen LogP contribution in [0.5, 0.6) is 0 Å². The summed E-state index contributed by atoms with van der Waals surface area (Å²) in [7, 11) is 0. The minimum absolute atomic E-state index is 0.0923. The number of carbonyl (C=O) groups excluding carboxylic acids is 1. The van der Waals surface area contributed by atoms with Crippen LogP contribution in [0, 0.1) is 5.92 Å². The Morgan fingerprint density at radius 2 is 1.92 bits per heavy atom. The maximum Gasteiger partial charge on any atom is 0.217 e. The van der Waals surface area contributed by atoms with Gasteiger partial charge in [-0.15, -0.1) is 0 Å². The highest BCUT2D eigenvalue weighted by Gasteiger charge is 2.15. The third kappa shape index (κ3) is 5.13. The lowest BCUT2D eigenvalue weighted by atomic mass is 10.0. The van der Waals surface area contributed by atoms with E-state index in [1.165, 1.54) is 6.92 Å². The first-order chi connectivity index (χ1) is 5.43. The number of aliphatic hydroxyl groups excluding tert-OH is 1. The molecule has 0 aromatic carbocycles. The third-order valence-electron chi connectivity index (χ3n) is 1.72. The molecular weight excluding hydrogens is 154 g/mol. The topological polar surface area (TPSA) is 49.3 Å². The molecule has 0 fully saturated rings. The quantitative estimate of drug-likeness (QED) is 0.664. The molecule has 0 radical (unpaired) electrons. The Morgan fingerprint density at radius 3 is 2.25 bits per heavy atom. The second-order valence-corrected chi connectivity index (χ2v) is 3.69. The SMILES string of the molecule is CC(=O)NC(C)[C@H](O)CC(C)C. The van der Waals surface area contributed by atoms with Crippen molar-refractivity contribution in [2.24, 2.45) is 5.92 Å². The lowest BCUT2D eigenvalue weighted by Crippen LogP contribution is -2.40. The average Bonchev–Trinajstić information content (AvgIpc) is 1.84. The third-order valence-corrected chi connectivity index (χ3v) is 1.72. The molecule has 0 rings (SSSR count). The van der Waals surface area contributed by atoms with Crippen molar-refractivity contribution >= 4 is 5.91 Å². The molecule has 0 aromatic heterocycles. The van der Waals surface area contributed by atoms with Crippen LogP contribution in [0.2, 0.25) is 0 Å². The molecule has 12 heavy (non-hydrogen) atoms. The Morgan fingerprint density at radius 1 is 1.42 bits per heavy atom. The predicted molar refractivity (Wildman–Crippen MR) is 48.7 cm³/mol. The van der Waals surface area contributed by atoms with Gasteiger partial charge in [0.1, 0.15) is 0 Å². The van der Waals surface area contributed by atoms with E-state index in [1.807, 2.05) is 20.8 Å². The standard InChI is InChI=1S/C9H19NO2/c1-6(2)5-9(12)7(3)10-8(4)11/h6-7,9,12H,5H2,1-4H3,(H,10,11)/t7?,9-/m1/s1. The average molecular weight is 173 g/mol. The maximum absolute atomic E-state index is 10.6. The number of rotatable bonds is 4. The van der Waals surface area contributed by atoms with Gasteiger partial charge in [-0.25, -0.2) is 0 Å². The molecule has 72 valence electrons. The van der Waals surface area contributed by atoms with Crippen molar-refractivity contribution in [1.29, 1.82) is 0 Å². The van der Waals surface area contributed by atoms with Crippen molar-refractivity contribution in [3.05, 3.63) is 0 Å². The molecule has 2 atom stereocenters. The Kier molecular flexibility index (Phi) is 4.90. The number of carbonyl (C=O) groups is 1. The Hall–Kier alpha value is -0.570. The lowest BCUT2D eigenvalue weighted by Gasteiger charge is -2.20. The van der Waals surface area contributed by atoms with Crippen molar-refractivity contribution in [2.45, 2.75) is 46.3 Å². The Labute approximate surface area is 74.2 Å². The number of aliphatic hydroxyl groups is 1. The molecule has 0 aromatic rings. The van der Waals surface area contributed by atoms with E-state index in [9.17, 15) is 9.90 Å². The van der Waals surface area contributed by atoms with Gasteiger partial charge < -0.3 is 10.4 Å². The summed E-state index contributed by atoms with van der Waals surface area (Å²) >= 11 is 0. The van der Waals surface area contributed by atoms with Crippen LogP contribution in [0.1, 0.15) is 34.1 Å². The highest BCUT2D eigenvalue weighted by Crippen LogP contribution is 2.07. The summed E-state index contributed by atoms with van der Waals surface area (Å²) in [6.45, 7) is 7.36. The zero-order valence-corrected chi connectivity index (χ0v) is 8.29. The van der Waals surface area contributed by atoms with E-state index in [2.05, 4.69) is 5.32 Å². The van der Waals surface area contributed by atoms with Gasteiger partial charge in [-0.2, -0.15) is 0 Å². The van der Waals surface area contributed by atoms with Gasteiger partial charge in [0.2, 0.25) is 5.91 Å². The summed E-state index contributed by atoms with van der Waals surface area (Å²) in [5.41, 5.74) is 0. The zero-order valence-electron chi connectivity index (χ0n) is 8.29. The van der Waals surface area contributed by atoms with Crippen LogP contribution in [0.4, 0.5) is 0 Å². The van der Waals surface area contributed by atoms with E-state index in [4.69, 9.17) is 0 Å². The molecular formula is C9H19NO2. The summed E-state index contributed by atoms with van der Waals surface area (Å²) in [5.74, 6) is 0.363. The summed E-state index contributed by atoms with van der Waals surface area (Å²) in [6.07, 6.45) is 0.287. The molecule has 0 aliphatic heterocycles. The highest BCUT2D eigenvalue weighted by molar-refractivity contribution is 5.73. The van der Waals surface area contributed by atoms with Gasteiger partial charge in [-0.1, -0.05) is 13.8 Å². The molecule has 0 spiro atoms. The van der Waals surface area contributed by atoms with E-state index in [-0.39, 0.29) is 11.9 Å². The minimum Gasteiger partial charge on any atom is -0.391 e. The van der Waals surface area contributed by atoms with E-state index < -0.39 is 6.10 Å². The summed E-state index contributed by atoms with van der Waals surface area (Å²) in [5, 5.41) is 12.2. The maximum atomic E-state index is 10.6. The van der Waals surface area contributed by atoms with Gasteiger partial charge in [0.15, 0.2) is 0 Å². The number of hydrogen-bond acceptors (Lipinski definition) is 2. The number of hydrogen-bond donors (Lipinski definition) is 2. The molecule has 0 saturated carbocycles. The van der Waals surface area contributed by atoms with Crippen LogP contribution in [0.15, 0.2) is 0 Å². The van der Waals surface area contributed by atoms with Crippen LogP contribution in [0.3, 0.4) is 0 Å².